The molecule has 5 heteroatoms. The molecule has 0 saturated carbocycles. The first-order valence-electron chi connectivity index (χ1n) is 7.07. The molecule has 1 heterocycles. The lowest BCUT2D eigenvalue weighted by atomic mass is 10.2. The van der Waals surface area contributed by atoms with Crippen LogP contribution >= 0.6 is 23.4 Å². The van der Waals surface area contributed by atoms with E-state index in [1.807, 2.05) is 54.6 Å². The van der Waals surface area contributed by atoms with Gasteiger partial charge in [-0.1, -0.05) is 42.1 Å². The van der Waals surface area contributed by atoms with Gasteiger partial charge in [0.25, 0.3) is 5.56 Å². The van der Waals surface area contributed by atoms with Crippen molar-refractivity contribution >= 4 is 34.3 Å². The topological polar surface area (TPSA) is 34.9 Å². The molecule has 0 radical (unpaired) electrons. The summed E-state index contributed by atoms with van der Waals surface area (Å²) in [6, 6.07) is 17.1. The first-order chi connectivity index (χ1) is 10.8. The zero-order chi connectivity index (χ0) is 15.4. The van der Waals surface area contributed by atoms with E-state index < -0.39 is 0 Å². The van der Waals surface area contributed by atoms with E-state index in [9.17, 15) is 4.79 Å². The number of hydrogen-bond acceptors (Lipinski definition) is 3. The Bertz CT molecular complexity index is 833. The van der Waals surface area contributed by atoms with Crippen LogP contribution < -0.4 is 5.56 Å². The average Bonchev–Trinajstić information content (AvgIpc) is 2.56. The molecule has 0 saturated heterocycles. The molecule has 22 heavy (non-hydrogen) atoms. The molecule has 3 aromatic rings. The summed E-state index contributed by atoms with van der Waals surface area (Å²) in [6.45, 7) is 0. The van der Waals surface area contributed by atoms with Crippen molar-refractivity contribution in [3.8, 4) is 5.69 Å². The first kappa shape index (κ1) is 15.1. The number of halogens is 1. The lowest BCUT2D eigenvalue weighted by molar-refractivity contribution is 0.819. The van der Waals surface area contributed by atoms with Gasteiger partial charge >= 0.3 is 0 Å². The van der Waals surface area contributed by atoms with Crippen LogP contribution in [0.15, 0.2) is 64.5 Å². The zero-order valence-corrected chi connectivity index (χ0v) is 13.5. The van der Waals surface area contributed by atoms with Crippen LogP contribution in [0.2, 0.25) is 0 Å². The number of hydrogen-bond donors (Lipinski definition) is 0. The molecule has 0 amide bonds. The molecule has 0 aliphatic rings. The number of aromatic nitrogens is 2. The Kier molecular flexibility index (Phi) is 4.80. The number of rotatable bonds is 5. The third-order valence-corrected chi connectivity index (χ3v) is 4.56. The monoisotopic (exact) mass is 330 g/mol. The molecule has 112 valence electrons. The zero-order valence-electron chi connectivity index (χ0n) is 11.9. The van der Waals surface area contributed by atoms with E-state index in [1.165, 1.54) is 0 Å². The van der Waals surface area contributed by atoms with Crippen LogP contribution in [0, 0.1) is 0 Å². The fourth-order valence-electron chi connectivity index (χ4n) is 2.23. The minimum atomic E-state index is -0.0369. The summed E-state index contributed by atoms with van der Waals surface area (Å²) in [5, 5.41) is 1.34. The van der Waals surface area contributed by atoms with Crippen LogP contribution in [0.1, 0.15) is 6.42 Å². The summed E-state index contributed by atoms with van der Waals surface area (Å²) in [4.78, 5) is 17.5. The molecule has 3 rings (SSSR count). The van der Waals surface area contributed by atoms with Gasteiger partial charge in [-0.3, -0.25) is 9.36 Å². The molecule has 3 nitrogen and oxygen atoms in total. The number of benzene rings is 2. The third kappa shape index (κ3) is 3.03. The van der Waals surface area contributed by atoms with E-state index in [-0.39, 0.29) is 5.56 Å². The van der Waals surface area contributed by atoms with Crippen LogP contribution in [0.25, 0.3) is 16.6 Å². The van der Waals surface area contributed by atoms with Crippen molar-refractivity contribution in [3.63, 3.8) is 0 Å². The van der Waals surface area contributed by atoms with Gasteiger partial charge in [-0.2, -0.15) is 0 Å². The molecule has 0 bridgehead atoms. The first-order valence-corrected chi connectivity index (χ1v) is 8.59. The smallest absolute Gasteiger partial charge is 0.266 e. The SMILES string of the molecule is O=c1c2ccccc2nc(SCCCCl)n1-c1ccccc1. The lowest BCUT2D eigenvalue weighted by Crippen LogP contribution is -2.21. The summed E-state index contributed by atoms with van der Waals surface area (Å²) in [5.41, 5.74) is 1.53. The van der Waals surface area contributed by atoms with Crippen LogP contribution in [0.4, 0.5) is 0 Å². The maximum Gasteiger partial charge on any atom is 0.266 e. The van der Waals surface area contributed by atoms with E-state index in [4.69, 9.17) is 11.6 Å². The maximum atomic E-state index is 12.9. The van der Waals surface area contributed by atoms with Crippen LogP contribution in [-0.4, -0.2) is 21.2 Å². The number of para-hydroxylation sites is 2. The molecule has 0 N–H and O–H groups in total. The van der Waals surface area contributed by atoms with E-state index in [2.05, 4.69) is 4.98 Å². The fraction of sp³-hybridized carbons (Fsp3) is 0.176. The van der Waals surface area contributed by atoms with Gasteiger partial charge < -0.3 is 0 Å². The number of fused-ring (bicyclic) bond motifs is 1. The predicted molar refractivity (Wildman–Crippen MR) is 93.4 cm³/mol. The van der Waals surface area contributed by atoms with Gasteiger partial charge in [0, 0.05) is 11.6 Å². The summed E-state index contributed by atoms with van der Waals surface area (Å²) >= 11 is 7.31. The number of nitrogens with zero attached hydrogens (tertiary/aromatic N) is 2. The minimum absolute atomic E-state index is 0.0369. The molecule has 0 spiro atoms. The molecule has 0 unspecified atom stereocenters. The van der Waals surface area contributed by atoms with Gasteiger partial charge in [-0.15, -0.1) is 11.6 Å². The van der Waals surface area contributed by atoms with Crippen LogP contribution in [-0.2, 0) is 0 Å². The molecule has 1 aromatic heterocycles. The highest BCUT2D eigenvalue weighted by molar-refractivity contribution is 7.99. The van der Waals surface area contributed by atoms with Crippen molar-refractivity contribution in [2.75, 3.05) is 11.6 Å². The predicted octanol–water partition coefficient (Wildman–Crippen LogP) is 4.11. The van der Waals surface area contributed by atoms with Crippen molar-refractivity contribution in [1.82, 2.24) is 9.55 Å². The van der Waals surface area contributed by atoms with Crippen molar-refractivity contribution in [2.24, 2.45) is 0 Å². The quantitative estimate of drug-likeness (QED) is 0.306. The summed E-state index contributed by atoms with van der Waals surface area (Å²) in [7, 11) is 0. The van der Waals surface area contributed by atoms with Crippen molar-refractivity contribution in [2.45, 2.75) is 11.6 Å². The number of thioether (sulfide) groups is 1. The normalized spacial score (nSPS) is 11.0. The Labute approximate surface area is 138 Å². The lowest BCUT2D eigenvalue weighted by Gasteiger charge is -2.12. The van der Waals surface area contributed by atoms with Crippen molar-refractivity contribution in [3.05, 3.63) is 65.0 Å². The van der Waals surface area contributed by atoms with Gasteiger partial charge in [0.05, 0.1) is 16.6 Å². The van der Waals surface area contributed by atoms with Crippen LogP contribution in [0.5, 0.6) is 0 Å². The van der Waals surface area contributed by atoms with Gasteiger partial charge in [0.2, 0.25) is 0 Å². The fourth-order valence-corrected chi connectivity index (χ4v) is 3.48. The summed E-state index contributed by atoms with van der Waals surface area (Å²) < 4.78 is 1.68. The average molecular weight is 331 g/mol. The highest BCUT2D eigenvalue weighted by Gasteiger charge is 2.12. The molecule has 0 aliphatic heterocycles. The molecular weight excluding hydrogens is 316 g/mol. The Morgan fingerprint density at radius 3 is 2.55 bits per heavy atom. The maximum absolute atomic E-state index is 12.9. The highest BCUT2D eigenvalue weighted by Crippen LogP contribution is 2.21. The molecular formula is C17H15ClN2OS. The molecule has 0 atom stereocenters. The van der Waals surface area contributed by atoms with Crippen LogP contribution in [0.3, 0.4) is 0 Å². The second kappa shape index (κ2) is 6.99. The number of alkyl halides is 1. The van der Waals surface area contributed by atoms with Gasteiger partial charge in [-0.25, -0.2) is 4.98 Å². The Balaban J connectivity index is 2.20. The standard InChI is InChI=1S/C17H15ClN2OS/c18-11-6-12-22-17-19-15-10-5-4-9-14(15)16(21)20(17)13-7-2-1-3-8-13/h1-5,7-10H,6,11-12H2. The van der Waals surface area contributed by atoms with E-state index in [1.54, 1.807) is 16.3 Å². The van der Waals surface area contributed by atoms with Gasteiger partial charge in [0.1, 0.15) is 0 Å². The molecule has 0 fully saturated rings. The van der Waals surface area contributed by atoms with E-state index in [0.29, 0.717) is 16.4 Å². The van der Waals surface area contributed by atoms with Crippen molar-refractivity contribution < 1.29 is 0 Å². The van der Waals surface area contributed by atoms with Gasteiger partial charge in [0.15, 0.2) is 5.16 Å². The summed E-state index contributed by atoms with van der Waals surface area (Å²) in [6.07, 6.45) is 0.879. The summed E-state index contributed by atoms with van der Waals surface area (Å²) in [5.74, 6) is 1.44. The van der Waals surface area contributed by atoms with Crippen molar-refractivity contribution in [1.29, 1.82) is 0 Å². The third-order valence-electron chi connectivity index (χ3n) is 3.27. The highest BCUT2D eigenvalue weighted by atomic mass is 35.5. The molecule has 2 aromatic carbocycles. The Morgan fingerprint density at radius 2 is 1.77 bits per heavy atom. The van der Waals surface area contributed by atoms with Gasteiger partial charge in [-0.05, 0) is 30.7 Å². The molecule has 0 aliphatic carbocycles. The minimum Gasteiger partial charge on any atom is -0.268 e. The Hall–Kier alpha value is -1.78. The second-order valence-corrected chi connectivity index (χ2v) is 6.22. The van der Waals surface area contributed by atoms with E-state index >= 15 is 0 Å². The van der Waals surface area contributed by atoms with E-state index in [0.717, 1.165) is 23.4 Å². The Morgan fingerprint density at radius 1 is 1.05 bits per heavy atom. The second-order valence-electron chi connectivity index (χ2n) is 4.78. The largest absolute Gasteiger partial charge is 0.268 e.